The number of pyridine rings is 1. The van der Waals surface area contributed by atoms with Crippen LogP contribution in [-0.2, 0) is 23.9 Å². The number of aliphatic hydroxyl groups is 1. The molecule has 6 heterocycles. The molecule has 11 rings (SSSR count). The summed E-state index contributed by atoms with van der Waals surface area (Å²) in [5.41, 5.74) is 4.69. The number of amides is 3. The largest absolute Gasteiger partial charge is 0.468 e. The number of aryl methyl sites for hydroxylation is 2. The fourth-order valence-corrected chi connectivity index (χ4v) is 13.4. The summed E-state index contributed by atoms with van der Waals surface area (Å²) in [5.74, 6) is 0.777. The van der Waals surface area contributed by atoms with Crippen molar-refractivity contribution in [1.82, 2.24) is 40.4 Å². The average Bonchev–Trinajstić information content (AvgIpc) is 1.38. The molecule has 3 amide bonds. The number of piperidine rings is 1. The van der Waals surface area contributed by atoms with Gasteiger partial charge in [-0.15, -0.1) is 17.8 Å². The first-order valence-electron chi connectivity index (χ1n) is 28.9. The van der Waals surface area contributed by atoms with E-state index >= 15 is 8.78 Å². The van der Waals surface area contributed by atoms with Gasteiger partial charge in [-0.2, -0.15) is 9.97 Å². The van der Waals surface area contributed by atoms with E-state index < -0.39 is 47.1 Å². The van der Waals surface area contributed by atoms with Gasteiger partial charge in [0, 0.05) is 56.1 Å². The van der Waals surface area contributed by atoms with Crippen LogP contribution >= 0.6 is 11.3 Å². The summed E-state index contributed by atoms with van der Waals surface area (Å²) >= 11 is 1.57. The van der Waals surface area contributed by atoms with Crippen molar-refractivity contribution in [2.45, 2.75) is 117 Å². The molecule has 442 valence electrons. The number of carbonyl (C=O) groups excluding carboxylic acids is 3. The van der Waals surface area contributed by atoms with Gasteiger partial charge in [0.1, 0.15) is 47.3 Å². The summed E-state index contributed by atoms with van der Waals surface area (Å²) in [6, 6.07) is 11.9. The maximum atomic E-state index is 17.4. The number of ether oxygens (including phenoxy) is 4. The van der Waals surface area contributed by atoms with Gasteiger partial charge < -0.3 is 49.4 Å². The van der Waals surface area contributed by atoms with E-state index in [4.69, 9.17) is 40.3 Å². The van der Waals surface area contributed by atoms with Gasteiger partial charge in [-0.3, -0.25) is 14.4 Å². The zero-order valence-corrected chi connectivity index (χ0v) is 49.5. The summed E-state index contributed by atoms with van der Waals surface area (Å²) in [5, 5.41) is 18.1. The SMILES string of the molecule is C#Cc1c(F)ccc2cc(OCOC)cc(-c3nc(C)c4c(N5CC=CC5)nc(OCC5(CN6CCC7(CC6)CC(OCC(=O)N[C@H](C(=O)N6C[C@H](O)C[C@H]6C(=O)N[C@@H](C)c6ccc(-c8scnc8C)cc6)C(C)(C)C)C7)CC5)nc4c3F)c12. The molecule has 0 bridgehead atoms. The summed E-state index contributed by atoms with van der Waals surface area (Å²) in [4.78, 5) is 67.5. The molecule has 0 unspecified atom stereocenters. The lowest BCUT2D eigenvalue weighted by atomic mass is 9.61. The summed E-state index contributed by atoms with van der Waals surface area (Å²) < 4.78 is 56.3. The summed E-state index contributed by atoms with van der Waals surface area (Å²) in [7, 11) is 1.49. The van der Waals surface area contributed by atoms with Crippen molar-refractivity contribution in [2.24, 2.45) is 16.2 Å². The fraction of sp³-hybridized carbons (Fsp3) is 0.484. The monoisotopic (exact) mass is 1170 g/mol. The van der Waals surface area contributed by atoms with Crippen LogP contribution in [0, 0.1) is 54.1 Å². The molecule has 1 spiro atoms. The highest BCUT2D eigenvalue weighted by atomic mass is 32.1. The van der Waals surface area contributed by atoms with Crippen LogP contribution in [0.2, 0.25) is 0 Å². The standard InChI is InChI=1S/C64H73F2N9O8S/c1-9-46-48(65)17-16-42-26-44(83-36-80-8)28-47(52(42)46)54-53(66)55-51(38(3)68-54)58(74-22-10-11-23-74)72-61(71-55)82-34-64(18-19-64)33-73-24-20-63(21-25-73)29-45(30-63)81-32-50(77)70-57(62(5,6)7)60(79)75-31-43(76)27-49(75)59(78)69-37(2)40-12-14-41(15-13-40)56-39(4)67-35-84-56/h1,10-17,26,28,35,37,43,45,49,57,76H,18-25,27,29-34,36H2,2-8H3,(H,69,78)(H,70,77)/t37-,43+,49-,57+/m0/s1. The number of terminal acetylenes is 1. The molecule has 5 aliphatic rings. The number of nitrogens with one attached hydrogen (secondary N) is 2. The molecule has 2 saturated carbocycles. The minimum atomic E-state index is -0.967. The van der Waals surface area contributed by atoms with E-state index in [-0.39, 0.29) is 83.6 Å². The number of likely N-dealkylation sites (tertiary alicyclic amines) is 2. The molecule has 84 heavy (non-hydrogen) atoms. The van der Waals surface area contributed by atoms with Gasteiger partial charge in [-0.1, -0.05) is 69.2 Å². The van der Waals surface area contributed by atoms with E-state index in [2.05, 4.69) is 26.4 Å². The van der Waals surface area contributed by atoms with Gasteiger partial charge in [-0.25, -0.2) is 18.7 Å². The van der Waals surface area contributed by atoms with Crippen LogP contribution in [-0.4, -0.2) is 143 Å². The van der Waals surface area contributed by atoms with Gasteiger partial charge in [0.2, 0.25) is 17.7 Å². The van der Waals surface area contributed by atoms with Crippen molar-refractivity contribution < 1.29 is 47.2 Å². The first-order valence-corrected chi connectivity index (χ1v) is 29.8. The van der Waals surface area contributed by atoms with Crippen LogP contribution in [0.5, 0.6) is 11.8 Å². The summed E-state index contributed by atoms with van der Waals surface area (Å²) in [6.45, 7) is 15.1. The Hall–Kier alpha value is -7.15. The van der Waals surface area contributed by atoms with Crippen LogP contribution in [0.15, 0.2) is 66.2 Å². The lowest BCUT2D eigenvalue weighted by molar-refractivity contribution is -0.148. The van der Waals surface area contributed by atoms with Gasteiger partial charge in [0.15, 0.2) is 12.6 Å². The fourth-order valence-electron chi connectivity index (χ4n) is 12.6. The second kappa shape index (κ2) is 23.7. The Kier molecular flexibility index (Phi) is 16.6. The smallest absolute Gasteiger partial charge is 0.319 e. The number of fused-ring (bicyclic) bond motifs is 2. The average molecular weight is 1170 g/mol. The maximum absolute atomic E-state index is 17.4. The van der Waals surface area contributed by atoms with Gasteiger partial charge in [-0.05, 0) is 118 Å². The Balaban J connectivity index is 0.686. The Bertz CT molecular complexity index is 3550. The number of carbonyl (C=O) groups is 3. The molecule has 4 atom stereocenters. The highest BCUT2D eigenvalue weighted by Gasteiger charge is 2.50. The van der Waals surface area contributed by atoms with Crippen molar-refractivity contribution in [1.29, 1.82) is 0 Å². The third kappa shape index (κ3) is 12.1. The predicted molar refractivity (Wildman–Crippen MR) is 317 cm³/mol. The number of hydrogen-bond donors (Lipinski definition) is 3. The van der Waals surface area contributed by atoms with Crippen LogP contribution in [0.1, 0.15) is 101 Å². The number of aromatic nitrogens is 4. The van der Waals surface area contributed by atoms with Crippen molar-refractivity contribution in [3.05, 3.63) is 100 Å². The van der Waals surface area contributed by atoms with E-state index in [1.807, 2.05) is 81.4 Å². The number of nitrogens with zero attached hydrogens (tertiary/aromatic N) is 7. The zero-order valence-electron chi connectivity index (χ0n) is 48.7. The Morgan fingerprint density at radius 3 is 2.35 bits per heavy atom. The quantitative estimate of drug-likeness (QED) is 0.0395. The second-order valence-electron chi connectivity index (χ2n) is 24.8. The first-order chi connectivity index (χ1) is 40.2. The first kappa shape index (κ1) is 58.6. The van der Waals surface area contributed by atoms with E-state index in [9.17, 15) is 19.5 Å². The third-order valence-corrected chi connectivity index (χ3v) is 18.6. The molecule has 3 aromatic heterocycles. The molecule has 2 aliphatic carbocycles. The van der Waals surface area contributed by atoms with Crippen LogP contribution < -0.4 is 25.0 Å². The van der Waals surface area contributed by atoms with E-state index in [0.717, 1.165) is 79.9 Å². The maximum Gasteiger partial charge on any atom is 0.319 e. The van der Waals surface area contributed by atoms with Crippen molar-refractivity contribution in [2.75, 3.05) is 71.3 Å². The number of aliphatic hydroxyl groups excluding tert-OH is 1. The molecule has 2 saturated heterocycles. The van der Waals surface area contributed by atoms with E-state index in [1.165, 1.54) is 18.1 Å². The molecule has 20 heteroatoms. The normalized spacial score (nSPS) is 20.0. The van der Waals surface area contributed by atoms with Crippen LogP contribution in [0.25, 0.3) is 43.4 Å². The number of methoxy groups -OCH3 is 1. The molecule has 3 aliphatic heterocycles. The second-order valence-corrected chi connectivity index (χ2v) is 25.6. The molecule has 4 fully saturated rings. The van der Waals surface area contributed by atoms with Gasteiger partial charge in [0.25, 0.3) is 0 Å². The minimum Gasteiger partial charge on any atom is -0.468 e. The number of hydrogen-bond acceptors (Lipinski definition) is 15. The van der Waals surface area contributed by atoms with Crippen molar-refractivity contribution >= 4 is 56.6 Å². The van der Waals surface area contributed by atoms with E-state index in [0.29, 0.717) is 53.1 Å². The molecule has 3 aromatic carbocycles. The molecule has 17 nitrogen and oxygen atoms in total. The lowest BCUT2D eigenvalue weighted by Gasteiger charge is -2.52. The van der Waals surface area contributed by atoms with Crippen molar-refractivity contribution in [3.8, 4) is 45.8 Å². The highest BCUT2D eigenvalue weighted by Crippen LogP contribution is 2.53. The number of thiazole rings is 1. The number of anilines is 1. The minimum absolute atomic E-state index is 0.0202. The molecular weight excluding hydrogens is 1090 g/mol. The molecular formula is C64H73F2N9O8S. The Morgan fingerprint density at radius 1 is 0.940 bits per heavy atom. The number of halogens is 2. The van der Waals surface area contributed by atoms with Gasteiger partial charge >= 0.3 is 6.01 Å². The van der Waals surface area contributed by atoms with E-state index in [1.54, 1.807) is 36.5 Å². The Morgan fingerprint density at radius 2 is 1.68 bits per heavy atom. The van der Waals surface area contributed by atoms with Crippen LogP contribution in [0.3, 0.4) is 0 Å². The number of benzene rings is 3. The van der Waals surface area contributed by atoms with Crippen molar-refractivity contribution in [3.63, 3.8) is 0 Å². The number of β-amino-alcohol motifs (C(OH)–C–C–N with tert-alkyl or cyclic N) is 1. The highest BCUT2D eigenvalue weighted by molar-refractivity contribution is 7.13. The van der Waals surface area contributed by atoms with Gasteiger partial charge in [0.05, 0.1) is 57.6 Å². The molecule has 3 N–H and O–H groups in total. The zero-order chi connectivity index (χ0) is 59.2. The summed E-state index contributed by atoms with van der Waals surface area (Å²) in [6.07, 6.45) is 14.6. The Labute approximate surface area is 492 Å². The third-order valence-electron chi connectivity index (χ3n) is 17.6. The predicted octanol–water partition coefficient (Wildman–Crippen LogP) is 8.99. The molecule has 0 radical (unpaired) electrons. The topological polar surface area (TPSA) is 194 Å². The molecule has 6 aromatic rings. The van der Waals surface area contributed by atoms with Crippen LogP contribution in [0.4, 0.5) is 14.6 Å². The number of rotatable bonds is 19. The lowest BCUT2D eigenvalue weighted by Crippen LogP contribution is -2.58.